The Labute approximate surface area is 226 Å². The molecule has 0 amide bonds. The summed E-state index contributed by atoms with van der Waals surface area (Å²) in [5.41, 5.74) is 0.312. The van der Waals surface area contributed by atoms with Crippen molar-refractivity contribution in [3.05, 3.63) is 11.6 Å². The molecule has 8 heteroatoms. The van der Waals surface area contributed by atoms with Crippen LogP contribution < -0.4 is 0 Å². The molecule has 0 bridgehead atoms. The first kappa shape index (κ1) is 27.2. The van der Waals surface area contributed by atoms with Crippen LogP contribution in [0.5, 0.6) is 0 Å². The summed E-state index contributed by atoms with van der Waals surface area (Å²) in [6, 6.07) is 0. The third-order valence-electron chi connectivity index (χ3n) is 12.3. The van der Waals surface area contributed by atoms with Crippen molar-refractivity contribution in [2.45, 2.75) is 121 Å². The van der Waals surface area contributed by atoms with E-state index in [1.807, 2.05) is 0 Å². The molecule has 13 atom stereocenters. The van der Waals surface area contributed by atoms with Crippen molar-refractivity contribution >= 4 is 5.97 Å². The number of methoxy groups -OCH3 is 1. The molecule has 4 aliphatic carbocycles. The van der Waals surface area contributed by atoms with Gasteiger partial charge in [-0.2, -0.15) is 0 Å². The minimum Gasteiger partial charge on any atom is -0.458 e. The third-order valence-corrected chi connectivity index (χ3v) is 12.3. The third kappa shape index (κ3) is 3.88. The van der Waals surface area contributed by atoms with E-state index in [9.17, 15) is 20.1 Å². The lowest BCUT2D eigenvalue weighted by atomic mass is 9.43. The number of cyclic esters (lactones) is 1. The number of fused-ring (bicyclic) bond motifs is 5. The molecule has 214 valence electrons. The van der Waals surface area contributed by atoms with Gasteiger partial charge in [-0.15, -0.1) is 0 Å². The van der Waals surface area contributed by atoms with Crippen molar-refractivity contribution in [1.29, 1.82) is 0 Å². The van der Waals surface area contributed by atoms with Gasteiger partial charge in [0.1, 0.15) is 24.9 Å². The molecule has 0 aromatic rings. The average Bonchev–Trinajstić information content (AvgIpc) is 3.43. The Hall–Kier alpha value is -1.03. The van der Waals surface area contributed by atoms with Gasteiger partial charge in [0.15, 0.2) is 6.29 Å². The Morgan fingerprint density at radius 1 is 1.00 bits per heavy atom. The van der Waals surface area contributed by atoms with Crippen molar-refractivity contribution in [2.24, 2.45) is 34.5 Å². The van der Waals surface area contributed by atoms with E-state index < -0.39 is 36.3 Å². The summed E-state index contributed by atoms with van der Waals surface area (Å²) in [4.78, 5) is 11.8. The number of aliphatic hydroxyl groups is 3. The van der Waals surface area contributed by atoms with Gasteiger partial charge in [0.25, 0.3) is 0 Å². The molecule has 0 aromatic carbocycles. The number of ether oxygens (including phenoxy) is 4. The maximum absolute atomic E-state index is 12.4. The second kappa shape index (κ2) is 9.52. The Kier molecular flexibility index (Phi) is 6.80. The lowest BCUT2D eigenvalue weighted by molar-refractivity contribution is -0.314. The topological polar surface area (TPSA) is 115 Å². The number of hydrogen-bond donors (Lipinski definition) is 3. The maximum Gasteiger partial charge on any atom is 0.331 e. The standard InChI is InChI=1S/C30H46O8/c1-16-24(32)25(33)26(35-4)27(37-16)38-19-7-10-28(2)18(14-19)5-6-22-21(28)8-11-29(3)20(9-12-30(22,29)34)17-13-23(31)36-15-17/h13,16,18-22,24-27,32-34H,5-12,14-15H2,1-4H3/t16-,18-,19+,20-,21+,22-,24-,25-,26-,27+,28+,29-,30+/m1/s1. The summed E-state index contributed by atoms with van der Waals surface area (Å²) in [5, 5.41) is 33.1. The smallest absolute Gasteiger partial charge is 0.331 e. The molecule has 0 radical (unpaired) electrons. The quantitative estimate of drug-likeness (QED) is 0.372. The first-order valence-corrected chi connectivity index (χ1v) is 14.8. The minimum atomic E-state index is -1.05. The average molecular weight is 535 g/mol. The summed E-state index contributed by atoms with van der Waals surface area (Å²) in [6.45, 7) is 6.85. The van der Waals surface area contributed by atoms with Gasteiger partial charge in [-0.1, -0.05) is 13.8 Å². The van der Waals surface area contributed by atoms with Gasteiger partial charge in [0.2, 0.25) is 0 Å². The molecule has 8 nitrogen and oxygen atoms in total. The van der Waals surface area contributed by atoms with Crippen LogP contribution in [0.15, 0.2) is 11.6 Å². The van der Waals surface area contributed by atoms with Gasteiger partial charge in [-0.05, 0) is 99.4 Å². The van der Waals surface area contributed by atoms with Crippen LogP contribution in [-0.4, -0.2) is 77.4 Å². The van der Waals surface area contributed by atoms with Crippen LogP contribution >= 0.6 is 0 Å². The Morgan fingerprint density at radius 2 is 1.79 bits per heavy atom. The highest BCUT2D eigenvalue weighted by Gasteiger charge is 2.67. The normalized spacial score (nSPS) is 54.5. The van der Waals surface area contributed by atoms with Crippen molar-refractivity contribution < 1.29 is 39.1 Å². The van der Waals surface area contributed by atoms with Gasteiger partial charge < -0.3 is 34.3 Å². The van der Waals surface area contributed by atoms with Gasteiger partial charge in [-0.3, -0.25) is 0 Å². The summed E-state index contributed by atoms with van der Waals surface area (Å²) in [7, 11) is 1.51. The number of esters is 1. The molecule has 5 fully saturated rings. The Balaban J connectivity index is 1.16. The molecule has 4 saturated carbocycles. The zero-order valence-electron chi connectivity index (χ0n) is 23.3. The molecular formula is C30H46O8. The molecule has 2 heterocycles. The summed E-state index contributed by atoms with van der Waals surface area (Å²) < 4.78 is 23.1. The lowest BCUT2D eigenvalue weighted by Gasteiger charge is -2.64. The van der Waals surface area contributed by atoms with Crippen LogP contribution in [0.2, 0.25) is 0 Å². The molecule has 1 saturated heterocycles. The highest BCUT2D eigenvalue weighted by molar-refractivity contribution is 5.85. The van der Waals surface area contributed by atoms with Crippen molar-refractivity contribution in [3.8, 4) is 0 Å². The fourth-order valence-corrected chi connectivity index (χ4v) is 10.0. The monoisotopic (exact) mass is 534 g/mol. The zero-order valence-corrected chi connectivity index (χ0v) is 23.3. The molecule has 2 aliphatic heterocycles. The van der Waals surface area contributed by atoms with E-state index in [1.165, 1.54) is 7.11 Å². The highest BCUT2D eigenvalue weighted by Crippen LogP contribution is 2.70. The van der Waals surface area contributed by atoms with Gasteiger partial charge >= 0.3 is 5.97 Å². The van der Waals surface area contributed by atoms with Crippen LogP contribution in [0, 0.1) is 34.5 Å². The largest absolute Gasteiger partial charge is 0.458 e. The SMILES string of the molecule is CO[C@H]1[C@H](O[C@H]2CC[C@@]3(C)[C@H](CC[C@@H]4[C@@H]3CC[C@]3(C)[C@@H](C5=CC(=O)OC5)CC[C@]43O)C2)O[C@H](C)[C@@H](O)[C@H]1O. The number of aliphatic hydroxyl groups excluding tert-OH is 2. The molecule has 0 unspecified atom stereocenters. The van der Waals surface area contributed by atoms with Crippen molar-refractivity contribution in [2.75, 3.05) is 13.7 Å². The van der Waals surface area contributed by atoms with E-state index in [-0.39, 0.29) is 34.7 Å². The number of carbonyl (C=O) groups is 1. The predicted octanol–water partition coefficient (Wildman–Crippen LogP) is 3.11. The van der Waals surface area contributed by atoms with Crippen LogP contribution in [-0.2, 0) is 23.7 Å². The Morgan fingerprint density at radius 3 is 2.50 bits per heavy atom. The van der Waals surface area contributed by atoms with E-state index >= 15 is 0 Å². The van der Waals surface area contributed by atoms with E-state index in [4.69, 9.17) is 18.9 Å². The minimum absolute atomic E-state index is 0.0153. The molecule has 0 spiro atoms. The second-order valence-corrected chi connectivity index (χ2v) is 13.7. The number of rotatable bonds is 4. The number of carbonyl (C=O) groups excluding carboxylic acids is 1. The molecule has 6 aliphatic rings. The highest BCUT2D eigenvalue weighted by atomic mass is 16.7. The van der Waals surface area contributed by atoms with Crippen LogP contribution in [0.1, 0.15) is 78.6 Å². The van der Waals surface area contributed by atoms with Crippen LogP contribution in [0.25, 0.3) is 0 Å². The predicted molar refractivity (Wildman–Crippen MR) is 138 cm³/mol. The van der Waals surface area contributed by atoms with Gasteiger partial charge in [0, 0.05) is 18.6 Å². The van der Waals surface area contributed by atoms with Crippen molar-refractivity contribution in [3.63, 3.8) is 0 Å². The second-order valence-electron chi connectivity index (χ2n) is 13.7. The van der Waals surface area contributed by atoms with Crippen molar-refractivity contribution in [1.82, 2.24) is 0 Å². The first-order chi connectivity index (χ1) is 18.0. The Bertz CT molecular complexity index is 968. The lowest BCUT2D eigenvalue weighted by Crippen LogP contribution is -2.62. The maximum atomic E-state index is 12.4. The fourth-order valence-electron chi connectivity index (χ4n) is 10.0. The molecule has 38 heavy (non-hydrogen) atoms. The van der Waals surface area contributed by atoms with E-state index in [0.29, 0.717) is 18.4 Å². The van der Waals surface area contributed by atoms with Crippen LogP contribution in [0.3, 0.4) is 0 Å². The molecule has 3 N–H and O–H groups in total. The zero-order chi connectivity index (χ0) is 27.0. The molecular weight excluding hydrogens is 488 g/mol. The first-order valence-electron chi connectivity index (χ1n) is 14.8. The summed E-state index contributed by atoms with van der Waals surface area (Å²) >= 11 is 0. The van der Waals surface area contributed by atoms with E-state index in [0.717, 1.165) is 63.4 Å². The van der Waals surface area contributed by atoms with E-state index in [2.05, 4.69) is 13.8 Å². The van der Waals surface area contributed by atoms with E-state index in [1.54, 1.807) is 13.0 Å². The molecule has 6 rings (SSSR count). The summed E-state index contributed by atoms with van der Waals surface area (Å²) in [5.74, 6) is 1.24. The van der Waals surface area contributed by atoms with Gasteiger partial charge in [0.05, 0.1) is 17.8 Å². The number of hydrogen-bond acceptors (Lipinski definition) is 8. The van der Waals surface area contributed by atoms with Gasteiger partial charge in [-0.25, -0.2) is 4.79 Å². The van der Waals surface area contributed by atoms with Crippen LogP contribution in [0.4, 0.5) is 0 Å². The molecule has 0 aromatic heterocycles. The summed E-state index contributed by atoms with van der Waals surface area (Å²) in [6.07, 6.45) is 6.50. The fraction of sp³-hybridized carbons (Fsp3) is 0.900.